The van der Waals surface area contributed by atoms with Crippen LogP contribution in [-0.2, 0) is 6.42 Å². The second-order valence-corrected chi connectivity index (χ2v) is 5.20. The number of nitriles is 1. The first-order valence-corrected chi connectivity index (χ1v) is 6.70. The molecule has 0 aliphatic heterocycles. The zero-order chi connectivity index (χ0) is 13.8. The van der Waals surface area contributed by atoms with Crippen LogP contribution in [0.1, 0.15) is 30.9 Å². The quantitative estimate of drug-likeness (QED) is 0.712. The number of nitrogens with zero attached hydrogens (tertiary/aromatic N) is 1. The second kappa shape index (κ2) is 5.71. The molecule has 0 radical (unpaired) electrons. The van der Waals surface area contributed by atoms with Crippen molar-refractivity contribution in [2.24, 2.45) is 5.92 Å². The van der Waals surface area contributed by atoms with E-state index in [0.717, 1.165) is 12.0 Å². The van der Waals surface area contributed by atoms with Crippen LogP contribution in [0.25, 0.3) is 10.8 Å². The van der Waals surface area contributed by atoms with Crippen LogP contribution in [0.5, 0.6) is 0 Å². The molecule has 0 spiro atoms. The molecule has 1 heteroatoms. The molecule has 0 heterocycles. The third kappa shape index (κ3) is 2.53. The Hall–Kier alpha value is -2.07. The SMILES string of the molecule is C=CCc1ccc(C(C#N)C(C)C)c2ccccc12. The Morgan fingerprint density at radius 2 is 1.84 bits per heavy atom. The molecule has 2 aromatic rings. The van der Waals surface area contributed by atoms with Gasteiger partial charge < -0.3 is 0 Å². The summed E-state index contributed by atoms with van der Waals surface area (Å²) in [6.45, 7) is 8.01. The van der Waals surface area contributed by atoms with Gasteiger partial charge in [0.2, 0.25) is 0 Å². The molecular formula is C18H19N. The standard InChI is InChI=1S/C18H19N/c1-4-7-14-10-11-17(18(12-19)13(2)3)16-9-6-5-8-15(14)16/h4-6,8-11,13,18H,1,7H2,2-3H3. The largest absolute Gasteiger partial charge is 0.198 e. The molecule has 0 aliphatic rings. The van der Waals surface area contributed by atoms with Crippen LogP contribution in [0, 0.1) is 17.2 Å². The first-order chi connectivity index (χ1) is 9.19. The third-order valence-electron chi connectivity index (χ3n) is 3.55. The molecule has 19 heavy (non-hydrogen) atoms. The summed E-state index contributed by atoms with van der Waals surface area (Å²) in [5.41, 5.74) is 2.41. The highest BCUT2D eigenvalue weighted by Crippen LogP contribution is 2.32. The zero-order valence-electron chi connectivity index (χ0n) is 11.6. The van der Waals surface area contributed by atoms with Crippen molar-refractivity contribution in [1.82, 2.24) is 0 Å². The van der Waals surface area contributed by atoms with Gasteiger partial charge in [0.1, 0.15) is 0 Å². The molecule has 0 aliphatic carbocycles. The first kappa shape index (κ1) is 13.4. The van der Waals surface area contributed by atoms with Crippen LogP contribution in [0.3, 0.4) is 0 Å². The van der Waals surface area contributed by atoms with Gasteiger partial charge in [0, 0.05) is 0 Å². The van der Waals surface area contributed by atoms with Crippen molar-refractivity contribution in [3.63, 3.8) is 0 Å². The van der Waals surface area contributed by atoms with Gasteiger partial charge in [0.05, 0.1) is 12.0 Å². The molecule has 2 aromatic carbocycles. The zero-order valence-corrected chi connectivity index (χ0v) is 11.6. The number of fused-ring (bicyclic) bond motifs is 1. The van der Waals surface area contributed by atoms with Crippen molar-refractivity contribution < 1.29 is 0 Å². The van der Waals surface area contributed by atoms with Crippen molar-refractivity contribution in [2.75, 3.05) is 0 Å². The van der Waals surface area contributed by atoms with Crippen LogP contribution < -0.4 is 0 Å². The Morgan fingerprint density at radius 3 is 2.42 bits per heavy atom. The number of hydrogen-bond donors (Lipinski definition) is 0. The van der Waals surface area contributed by atoms with Gasteiger partial charge in [-0.1, -0.05) is 56.3 Å². The lowest BCUT2D eigenvalue weighted by Gasteiger charge is -2.17. The monoisotopic (exact) mass is 249 g/mol. The molecule has 0 saturated carbocycles. The van der Waals surface area contributed by atoms with Gasteiger partial charge in [0.15, 0.2) is 0 Å². The van der Waals surface area contributed by atoms with Crippen molar-refractivity contribution in [1.29, 1.82) is 5.26 Å². The molecule has 0 aromatic heterocycles. The molecule has 0 saturated heterocycles. The predicted octanol–water partition coefficient (Wildman–Crippen LogP) is 4.83. The van der Waals surface area contributed by atoms with Crippen molar-refractivity contribution >= 4 is 10.8 Å². The second-order valence-electron chi connectivity index (χ2n) is 5.20. The normalized spacial score (nSPS) is 12.3. The molecule has 0 N–H and O–H groups in total. The van der Waals surface area contributed by atoms with E-state index in [2.05, 4.69) is 56.8 Å². The summed E-state index contributed by atoms with van der Waals surface area (Å²) in [7, 11) is 0. The minimum atomic E-state index is -0.0531. The summed E-state index contributed by atoms with van der Waals surface area (Å²) in [4.78, 5) is 0. The maximum atomic E-state index is 9.42. The van der Waals surface area contributed by atoms with Crippen molar-refractivity contribution in [2.45, 2.75) is 26.2 Å². The molecule has 0 fully saturated rings. The van der Waals surface area contributed by atoms with Gasteiger partial charge in [-0.05, 0) is 34.2 Å². The molecule has 1 nitrogen and oxygen atoms in total. The van der Waals surface area contributed by atoms with Gasteiger partial charge in [-0.3, -0.25) is 0 Å². The lowest BCUT2D eigenvalue weighted by molar-refractivity contribution is 0.590. The molecule has 1 atom stereocenters. The van der Waals surface area contributed by atoms with Gasteiger partial charge in [0.25, 0.3) is 0 Å². The fourth-order valence-corrected chi connectivity index (χ4v) is 2.57. The Labute approximate surface area is 115 Å². The smallest absolute Gasteiger partial charge is 0.0741 e. The lowest BCUT2D eigenvalue weighted by Crippen LogP contribution is -2.05. The minimum Gasteiger partial charge on any atom is -0.198 e. The van der Waals surface area contributed by atoms with Crippen LogP contribution in [0.15, 0.2) is 49.1 Å². The van der Waals surface area contributed by atoms with E-state index in [1.54, 1.807) is 0 Å². The van der Waals surface area contributed by atoms with E-state index in [9.17, 15) is 5.26 Å². The maximum absolute atomic E-state index is 9.42. The Balaban J connectivity index is 2.68. The van der Waals surface area contributed by atoms with Crippen molar-refractivity contribution in [3.8, 4) is 6.07 Å². The average molecular weight is 249 g/mol. The van der Waals surface area contributed by atoms with Crippen molar-refractivity contribution in [3.05, 3.63) is 60.2 Å². The highest BCUT2D eigenvalue weighted by Gasteiger charge is 2.18. The predicted molar refractivity (Wildman–Crippen MR) is 81.0 cm³/mol. The van der Waals surface area contributed by atoms with Gasteiger partial charge in [-0.2, -0.15) is 5.26 Å². The summed E-state index contributed by atoms with van der Waals surface area (Å²) >= 11 is 0. The van der Waals surface area contributed by atoms with Gasteiger partial charge in [-0.25, -0.2) is 0 Å². The highest BCUT2D eigenvalue weighted by molar-refractivity contribution is 5.89. The van der Waals surface area contributed by atoms with E-state index in [1.807, 2.05) is 12.1 Å². The van der Waals surface area contributed by atoms with Crippen LogP contribution in [0.2, 0.25) is 0 Å². The van der Waals surface area contributed by atoms with Crippen LogP contribution in [-0.4, -0.2) is 0 Å². The van der Waals surface area contributed by atoms with E-state index in [0.29, 0.717) is 5.92 Å². The summed E-state index contributed by atoms with van der Waals surface area (Å²) in [6, 6.07) is 15.0. The maximum Gasteiger partial charge on any atom is 0.0741 e. The summed E-state index contributed by atoms with van der Waals surface area (Å²) < 4.78 is 0. The van der Waals surface area contributed by atoms with E-state index in [4.69, 9.17) is 0 Å². The fourth-order valence-electron chi connectivity index (χ4n) is 2.57. The first-order valence-electron chi connectivity index (χ1n) is 6.70. The summed E-state index contributed by atoms with van der Waals surface area (Å²) in [5.74, 6) is 0.265. The number of allylic oxidation sites excluding steroid dienone is 1. The van der Waals surface area contributed by atoms with E-state index in [-0.39, 0.29) is 5.92 Å². The van der Waals surface area contributed by atoms with E-state index in [1.165, 1.54) is 16.3 Å². The fraction of sp³-hybridized carbons (Fsp3) is 0.278. The Kier molecular flexibility index (Phi) is 4.02. The topological polar surface area (TPSA) is 23.8 Å². The van der Waals surface area contributed by atoms with Crippen LogP contribution >= 0.6 is 0 Å². The van der Waals surface area contributed by atoms with E-state index < -0.39 is 0 Å². The highest BCUT2D eigenvalue weighted by atomic mass is 14.3. The summed E-state index contributed by atoms with van der Waals surface area (Å²) in [6.07, 6.45) is 2.78. The Bertz CT molecular complexity index is 632. The number of hydrogen-bond acceptors (Lipinski definition) is 1. The molecular weight excluding hydrogens is 230 g/mol. The molecule has 2 rings (SSSR count). The van der Waals surface area contributed by atoms with Gasteiger partial charge in [-0.15, -0.1) is 6.58 Å². The third-order valence-corrected chi connectivity index (χ3v) is 3.55. The lowest BCUT2D eigenvalue weighted by atomic mass is 9.85. The number of rotatable bonds is 4. The average Bonchev–Trinajstić information content (AvgIpc) is 2.41. The molecule has 0 bridgehead atoms. The summed E-state index contributed by atoms with van der Waals surface area (Å²) in [5, 5.41) is 11.8. The minimum absolute atomic E-state index is 0.0531. The van der Waals surface area contributed by atoms with E-state index >= 15 is 0 Å². The Morgan fingerprint density at radius 1 is 1.16 bits per heavy atom. The molecule has 1 unspecified atom stereocenters. The molecule has 0 amide bonds. The van der Waals surface area contributed by atoms with Crippen LogP contribution in [0.4, 0.5) is 0 Å². The molecule has 96 valence electrons. The van der Waals surface area contributed by atoms with Gasteiger partial charge >= 0.3 is 0 Å². The number of benzene rings is 2.